The van der Waals surface area contributed by atoms with Gasteiger partial charge in [0, 0.05) is 6.42 Å². The van der Waals surface area contributed by atoms with Crippen LogP contribution >= 0.6 is 0 Å². The molecule has 3 heteroatoms. The van der Waals surface area contributed by atoms with E-state index in [1.54, 1.807) is 0 Å². The van der Waals surface area contributed by atoms with Crippen molar-refractivity contribution >= 4 is 5.71 Å². The first-order valence-corrected chi connectivity index (χ1v) is 8.68. The van der Waals surface area contributed by atoms with E-state index in [1.807, 2.05) is 0 Å². The molecule has 1 rings (SSSR count). The summed E-state index contributed by atoms with van der Waals surface area (Å²) >= 11 is 0. The Hall–Kier alpha value is -1.35. The molecule has 22 heavy (non-hydrogen) atoms. The van der Waals surface area contributed by atoms with E-state index in [4.69, 9.17) is 10.3 Å². The standard InChI is InChI=1S/C19H31NO2/c1-2-3-4-5-6-7-8-9-10-17-11-13-18(14-12-17)15-19(16-21)20-22/h11-14,21-22H,2-10,15-16H2,1H3. The third kappa shape index (κ3) is 8.18. The van der Waals surface area contributed by atoms with E-state index in [9.17, 15) is 0 Å². The Morgan fingerprint density at radius 2 is 1.41 bits per heavy atom. The van der Waals surface area contributed by atoms with E-state index in [2.05, 4.69) is 36.3 Å². The van der Waals surface area contributed by atoms with Crippen molar-refractivity contribution in [2.45, 2.75) is 71.1 Å². The lowest BCUT2D eigenvalue weighted by atomic mass is 10.0. The van der Waals surface area contributed by atoms with Crippen molar-refractivity contribution in [3.05, 3.63) is 35.4 Å². The van der Waals surface area contributed by atoms with E-state index >= 15 is 0 Å². The fourth-order valence-electron chi connectivity index (χ4n) is 2.65. The average molecular weight is 305 g/mol. The van der Waals surface area contributed by atoms with Gasteiger partial charge in [-0.15, -0.1) is 0 Å². The number of oxime groups is 1. The van der Waals surface area contributed by atoms with Crippen LogP contribution in [0.15, 0.2) is 29.4 Å². The molecule has 0 unspecified atom stereocenters. The Kier molecular flexibility index (Phi) is 10.4. The molecule has 0 radical (unpaired) electrons. The van der Waals surface area contributed by atoms with Crippen LogP contribution in [0, 0.1) is 0 Å². The first kappa shape index (κ1) is 18.7. The van der Waals surface area contributed by atoms with Crippen LogP contribution in [0.3, 0.4) is 0 Å². The van der Waals surface area contributed by atoms with Crippen LogP contribution < -0.4 is 0 Å². The summed E-state index contributed by atoms with van der Waals surface area (Å²) in [6.45, 7) is 2.06. The topological polar surface area (TPSA) is 52.8 Å². The summed E-state index contributed by atoms with van der Waals surface area (Å²) < 4.78 is 0. The minimum absolute atomic E-state index is 0.198. The lowest BCUT2D eigenvalue weighted by Crippen LogP contribution is -2.08. The Morgan fingerprint density at radius 1 is 0.864 bits per heavy atom. The molecule has 0 saturated heterocycles. The molecule has 0 aliphatic rings. The molecule has 0 aliphatic carbocycles. The summed E-state index contributed by atoms with van der Waals surface area (Å²) in [6, 6.07) is 8.40. The van der Waals surface area contributed by atoms with Crippen LogP contribution in [0.4, 0.5) is 0 Å². The molecule has 0 atom stereocenters. The fraction of sp³-hybridized carbons (Fsp3) is 0.632. The Labute approximate surface area is 135 Å². The van der Waals surface area contributed by atoms with Gasteiger partial charge in [-0.3, -0.25) is 0 Å². The van der Waals surface area contributed by atoms with Crippen molar-refractivity contribution in [3.8, 4) is 0 Å². The van der Waals surface area contributed by atoms with Crippen LogP contribution in [0.1, 0.15) is 69.4 Å². The van der Waals surface area contributed by atoms with Crippen molar-refractivity contribution < 1.29 is 10.3 Å². The second kappa shape index (κ2) is 12.2. The van der Waals surface area contributed by atoms with E-state index in [0.717, 1.165) is 12.0 Å². The third-order valence-corrected chi connectivity index (χ3v) is 4.07. The van der Waals surface area contributed by atoms with E-state index in [1.165, 1.54) is 56.9 Å². The van der Waals surface area contributed by atoms with Gasteiger partial charge in [0.25, 0.3) is 0 Å². The van der Waals surface area contributed by atoms with Crippen molar-refractivity contribution in [2.75, 3.05) is 6.61 Å². The molecule has 0 fully saturated rings. The number of rotatable bonds is 12. The number of nitrogens with zero attached hydrogens (tertiary/aromatic N) is 1. The van der Waals surface area contributed by atoms with Crippen molar-refractivity contribution in [3.63, 3.8) is 0 Å². The van der Waals surface area contributed by atoms with E-state index in [-0.39, 0.29) is 6.61 Å². The molecule has 0 bridgehead atoms. The van der Waals surface area contributed by atoms with Gasteiger partial charge in [0.2, 0.25) is 0 Å². The summed E-state index contributed by atoms with van der Waals surface area (Å²) in [5, 5.41) is 20.8. The number of aryl methyl sites for hydroxylation is 1. The van der Waals surface area contributed by atoms with Crippen molar-refractivity contribution in [1.29, 1.82) is 0 Å². The highest BCUT2D eigenvalue weighted by atomic mass is 16.4. The van der Waals surface area contributed by atoms with Crippen molar-refractivity contribution in [2.24, 2.45) is 5.16 Å². The zero-order valence-electron chi connectivity index (χ0n) is 13.9. The first-order valence-electron chi connectivity index (χ1n) is 8.68. The van der Waals surface area contributed by atoms with Gasteiger partial charge in [-0.25, -0.2) is 0 Å². The van der Waals surface area contributed by atoms with Gasteiger partial charge in [0.15, 0.2) is 0 Å². The SMILES string of the molecule is CCCCCCCCCCc1ccc(CC(CO)=NO)cc1. The minimum Gasteiger partial charge on any atom is -0.411 e. The molecule has 0 amide bonds. The van der Waals surface area contributed by atoms with Gasteiger partial charge in [-0.2, -0.15) is 0 Å². The minimum atomic E-state index is -0.198. The molecule has 124 valence electrons. The van der Waals surface area contributed by atoms with E-state index < -0.39 is 0 Å². The summed E-state index contributed by atoms with van der Waals surface area (Å²) in [6.07, 6.45) is 12.4. The maximum absolute atomic E-state index is 8.99. The van der Waals surface area contributed by atoms with Crippen LogP contribution in [-0.4, -0.2) is 22.6 Å². The van der Waals surface area contributed by atoms with Gasteiger partial charge in [0.1, 0.15) is 0 Å². The average Bonchev–Trinajstić information content (AvgIpc) is 2.56. The summed E-state index contributed by atoms with van der Waals surface area (Å²) in [7, 11) is 0. The molecule has 1 aromatic rings. The smallest absolute Gasteiger partial charge is 0.0868 e. The van der Waals surface area contributed by atoms with Crippen LogP contribution in [-0.2, 0) is 12.8 Å². The predicted molar refractivity (Wildman–Crippen MR) is 92.8 cm³/mol. The Bertz CT molecular complexity index is 412. The highest BCUT2D eigenvalue weighted by Crippen LogP contribution is 2.12. The highest BCUT2D eigenvalue weighted by molar-refractivity contribution is 5.86. The van der Waals surface area contributed by atoms with Crippen LogP contribution in [0.2, 0.25) is 0 Å². The monoisotopic (exact) mass is 305 g/mol. The zero-order chi connectivity index (χ0) is 16.0. The molecular weight excluding hydrogens is 274 g/mol. The summed E-state index contributed by atoms with van der Waals surface area (Å²) in [5.41, 5.74) is 2.83. The molecular formula is C19H31NO2. The predicted octanol–water partition coefficient (Wildman–Crippen LogP) is 4.73. The summed E-state index contributed by atoms with van der Waals surface area (Å²) in [5.74, 6) is 0. The number of hydrogen-bond acceptors (Lipinski definition) is 3. The molecule has 3 nitrogen and oxygen atoms in total. The second-order valence-corrected chi connectivity index (χ2v) is 6.04. The lowest BCUT2D eigenvalue weighted by Gasteiger charge is -2.05. The second-order valence-electron chi connectivity index (χ2n) is 6.04. The molecule has 0 heterocycles. The Balaban J connectivity index is 2.16. The lowest BCUT2D eigenvalue weighted by molar-refractivity contribution is 0.301. The zero-order valence-corrected chi connectivity index (χ0v) is 13.9. The quantitative estimate of drug-likeness (QED) is 0.254. The van der Waals surface area contributed by atoms with Gasteiger partial charge in [-0.1, -0.05) is 81.3 Å². The molecule has 0 spiro atoms. The number of benzene rings is 1. The fourth-order valence-corrected chi connectivity index (χ4v) is 2.65. The van der Waals surface area contributed by atoms with Gasteiger partial charge in [-0.05, 0) is 24.0 Å². The van der Waals surface area contributed by atoms with Gasteiger partial charge >= 0.3 is 0 Å². The molecule has 2 N–H and O–H groups in total. The van der Waals surface area contributed by atoms with Gasteiger partial charge in [0.05, 0.1) is 12.3 Å². The number of aliphatic hydroxyl groups is 1. The van der Waals surface area contributed by atoms with Crippen LogP contribution in [0.5, 0.6) is 0 Å². The third-order valence-electron chi connectivity index (χ3n) is 4.07. The van der Waals surface area contributed by atoms with Gasteiger partial charge < -0.3 is 10.3 Å². The number of aliphatic hydroxyl groups excluding tert-OH is 1. The van der Waals surface area contributed by atoms with Crippen LogP contribution in [0.25, 0.3) is 0 Å². The molecule has 1 aromatic carbocycles. The maximum atomic E-state index is 8.99. The first-order chi connectivity index (χ1) is 10.8. The summed E-state index contributed by atoms with van der Waals surface area (Å²) in [4.78, 5) is 0. The number of hydrogen-bond donors (Lipinski definition) is 2. The molecule has 0 saturated carbocycles. The van der Waals surface area contributed by atoms with E-state index in [0.29, 0.717) is 12.1 Å². The highest BCUT2D eigenvalue weighted by Gasteiger charge is 2.01. The molecule has 0 aromatic heterocycles. The largest absolute Gasteiger partial charge is 0.411 e. The van der Waals surface area contributed by atoms with Crippen molar-refractivity contribution in [1.82, 2.24) is 0 Å². The number of unbranched alkanes of at least 4 members (excludes halogenated alkanes) is 7. The maximum Gasteiger partial charge on any atom is 0.0868 e. The normalized spacial score (nSPS) is 11.8. The Morgan fingerprint density at radius 3 is 1.95 bits per heavy atom. The molecule has 0 aliphatic heterocycles.